The summed E-state index contributed by atoms with van der Waals surface area (Å²) in [5.41, 5.74) is 12.0. The zero-order valence-corrected chi connectivity index (χ0v) is 16.0. The van der Waals surface area contributed by atoms with Crippen molar-refractivity contribution in [3.8, 4) is 0 Å². The van der Waals surface area contributed by atoms with Gasteiger partial charge in [0, 0.05) is 23.0 Å². The molecule has 3 N–H and O–H groups in total. The van der Waals surface area contributed by atoms with Crippen LogP contribution >= 0.6 is 12.6 Å². The van der Waals surface area contributed by atoms with Crippen molar-refractivity contribution in [2.75, 3.05) is 0 Å². The SMILES string of the molecule is NC(=Nc1ccc2c(c1)CC(NCc1ccccc1)C2)c1ccccc1S. The minimum Gasteiger partial charge on any atom is -0.383 e. The first-order valence-corrected chi connectivity index (χ1v) is 9.65. The van der Waals surface area contributed by atoms with E-state index in [1.807, 2.05) is 30.3 Å². The lowest BCUT2D eigenvalue weighted by atomic mass is 10.1. The second-order valence-electron chi connectivity index (χ2n) is 6.94. The Morgan fingerprint density at radius 1 is 0.963 bits per heavy atom. The summed E-state index contributed by atoms with van der Waals surface area (Å²) in [4.78, 5) is 5.45. The Labute approximate surface area is 165 Å². The molecule has 1 atom stereocenters. The number of hydrogen-bond acceptors (Lipinski definition) is 3. The lowest BCUT2D eigenvalue weighted by molar-refractivity contribution is 0.533. The van der Waals surface area contributed by atoms with E-state index in [4.69, 9.17) is 5.73 Å². The molecule has 0 spiro atoms. The highest BCUT2D eigenvalue weighted by Crippen LogP contribution is 2.27. The van der Waals surface area contributed by atoms with Crippen LogP contribution < -0.4 is 11.1 Å². The molecule has 136 valence electrons. The Morgan fingerprint density at radius 3 is 2.52 bits per heavy atom. The van der Waals surface area contributed by atoms with Crippen LogP contribution in [0, 0.1) is 0 Å². The minimum absolute atomic E-state index is 0.468. The fraction of sp³-hybridized carbons (Fsp3) is 0.174. The predicted molar refractivity (Wildman–Crippen MR) is 115 cm³/mol. The van der Waals surface area contributed by atoms with E-state index in [0.29, 0.717) is 11.9 Å². The smallest absolute Gasteiger partial charge is 0.132 e. The van der Waals surface area contributed by atoms with Crippen molar-refractivity contribution in [3.05, 3.63) is 95.1 Å². The molecule has 0 fully saturated rings. The van der Waals surface area contributed by atoms with E-state index >= 15 is 0 Å². The molecule has 0 amide bonds. The number of nitrogens with two attached hydrogens (primary N) is 1. The molecule has 0 aromatic heterocycles. The van der Waals surface area contributed by atoms with Gasteiger partial charge >= 0.3 is 0 Å². The van der Waals surface area contributed by atoms with Crippen molar-refractivity contribution in [1.82, 2.24) is 5.32 Å². The third-order valence-electron chi connectivity index (χ3n) is 4.99. The van der Waals surface area contributed by atoms with E-state index in [2.05, 4.69) is 65.4 Å². The summed E-state index contributed by atoms with van der Waals surface area (Å²) >= 11 is 4.46. The van der Waals surface area contributed by atoms with Gasteiger partial charge in [-0.3, -0.25) is 0 Å². The van der Waals surface area contributed by atoms with Gasteiger partial charge in [-0.05, 0) is 47.7 Å². The Kier molecular flexibility index (Phi) is 5.28. The summed E-state index contributed by atoms with van der Waals surface area (Å²) in [6.45, 7) is 0.899. The largest absolute Gasteiger partial charge is 0.383 e. The van der Waals surface area contributed by atoms with Gasteiger partial charge < -0.3 is 11.1 Å². The number of fused-ring (bicyclic) bond motifs is 1. The highest BCUT2D eigenvalue weighted by Gasteiger charge is 2.21. The van der Waals surface area contributed by atoms with Crippen LogP contribution in [0.25, 0.3) is 0 Å². The van der Waals surface area contributed by atoms with E-state index in [0.717, 1.165) is 35.5 Å². The normalized spacial score (nSPS) is 16.3. The summed E-state index contributed by atoms with van der Waals surface area (Å²) < 4.78 is 0. The predicted octanol–water partition coefficient (Wildman–Crippen LogP) is 4.27. The van der Waals surface area contributed by atoms with Gasteiger partial charge in [0.1, 0.15) is 5.84 Å². The van der Waals surface area contributed by atoms with E-state index in [1.54, 1.807) is 0 Å². The van der Waals surface area contributed by atoms with Crippen LogP contribution in [0.15, 0.2) is 82.7 Å². The van der Waals surface area contributed by atoms with Gasteiger partial charge in [-0.1, -0.05) is 54.6 Å². The van der Waals surface area contributed by atoms with Crippen molar-refractivity contribution < 1.29 is 0 Å². The number of rotatable bonds is 5. The monoisotopic (exact) mass is 373 g/mol. The molecule has 1 aliphatic carbocycles. The molecule has 4 heteroatoms. The van der Waals surface area contributed by atoms with Crippen molar-refractivity contribution in [3.63, 3.8) is 0 Å². The summed E-state index contributed by atoms with van der Waals surface area (Å²) in [6.07, 6.45) is 2.08. The van der Waals surface area contributed by atoms with Crippen molar-refractivity contribution in [2.24, 2.45) is 10.7 Å². The second-order valence-corrected chi connectivity index (χ2v) is 7.42. The number of amidine groups is 1. The molecule has 3 aromatic carbocycles. The van der Waals surface area contributed by atoms with Crippen LogP contribution in [0.2, 0.25) is 0 Å². The molecule has 4 rings (SSSR count). The Balaban J connectivity index is 1.45. The van der Waals surface area contributed by atoms with Crippen LogP contribution in [0.1, 0.15) is 22.3 Å². The Morgan fingerprint density at radius 2 is 1.70 bits per heavy atom. The third kappa shape index (κ3) is 4.24. The van der Waals surface area contributed by atoms with E-state index in [1.165, 1.54) is 16.7 Å². The van der Waals surface area contributed by atoms with E-state index < -0.39 is 0 Å². The first-order chi connectivity index (χ1) is 13.2. The third-order valence-corrected chi connectivity index (χ3v) is 5.38. The van der Waals surface area contributed by atoms with Crippen LogP contribution in [-0.2, 0) is 19.4 Å². The zero-order valence-electron chi connectivity index (χ0n) is 15.1. The maximum Gasteiger partial charge on any atom is 0.132 e. The average Bonchev–Trinajstić information content (AvgIpc) is 3.10. The highest BCUT2D eigenvalue weighted by atomic mass is 32.1. The first-order valence-electron chi connectivity index (χ1n) is 9.20. The fourth-order valence-corrected chi connectivity index (χ4v) is 3.84. The van der Waals surface area contributed by atoms with Crippen LogP contribution in [0.5, 0.6) is 0 Å². The van der Waals surface area contributed by atoms with Gasteiger partial charge in [-0.2, -0.15) is 0 Å². The second kappa shape index (κ2) is 7.99. The maximum absolute atomic E-state index is 6.20. The number of benzene rings is 3. The number of aliphatic imine (C=N–C) groups is 1. The molecular formula is C23H23N3S. The molecule has 0 saturated heterocycles. The van der Waals surface area contributed by atoms with Crippen molar-refractivity contribution in [1.29, 1.82) is 0 Å². The highest BCUT2D eigenvalue weighted by molar-refractivity contribution is 7.80. The molecule has 0 heterocycles. The molecule has 27 heavy (non-hydrogen) atoms. The molecule has 1 unspecified atom stereocenters. The zero-order chi connectivity index (χ0) is 18.6. The van der Waals surface area contributed by atoms with Gasteiger partial charge in [-0.25, -0.2) is 4.99 Å². The van der Waals surface area contributed by atoms with Gasteiger partial charge in [-0.15, -0.1) is 12.6 Å². The van der Waals surface area contributed by atoms with Gasteiger partial charge in [0.25, 0.3) is 0 Å². The van der Waals surface area contributed by atoms with Crippen LogP contribution in [-0.4, -0.2) is 11.9 Å². The fourth-order valence-electron chi connectivity index (χ4n) is 3.57. The summed E-state index contributed by atoms with van der Waals surface area (Å²) in [6, 6.07) is 25.1. The number of hydrogen-bond donors (Lipinski definition) is 3. The number of nitrogens with zero attached hydrogens (tertiary/aromatic N) is 1. The van der Waals surface area contributed by atoms with Crippen molar-refractivity contribution >= 4 is 24.2 Å². The quantitative estimate of drug-likeness (QED) is 0.355. The standard InChI is InChI=1S/C23H23N3S/c24-23(21-8-4-5-9-22(21)27)26-19-11-10-17-12-20(14-18(17)13-19)25-15-16-6-2-1-3-7-16/h1-11,13,20,25,27H,12,14-15H2,(H2,24,26). The number of nitrogens with one attached hydrogen (secondary N) is 1. The molecule has 3 aromatic rings. The Hall–Kier alpha value is -2.56. The summed E-state index contributed by atoms with van der Waals surface area (Å²) in [5, 5.41) is 3.67. The molecule has 0 bridgehead atoms. The summed E-state index contributed by atoms with van der Waals surface area (Å²) in [7, 11) is 0. The molecule has 3 nitrogen and oxygen atoms in total. The molecular weight excluding hydrogens is 350 g/mol. The Bertz CT molecular complexity index is 966. The minimum atomic E-state index is 0.468. The van der Waals surface area contributed by atoms with Gasteiger partial charge in [0.05, 0.1) is 5.69 Å². The first kappa shape index (κ1) is 17.8. The summed E-state index contributed by atoms with van der Waals surface area (Å²) in [5.74, 6) is 0.497. The van der Waals surface area contributed by atoms with Gasteiger partial charge in [0.15, 0.2) is 0 Å². The van der Waals surface area contributed by atoms with Crippen molar-refractivity contribution in [2.45, 2.75) is 30.3 Å². The topological polar surface area (TPSA) is 50.4 Å². The average molecular weight is 374 g/mol. The molecule has 1 aliphatic rings. The van der Waals surface area contributed by atoms with E-state index in [9.17, 15) is 0 Å². The number of thiol groups is 1. The molecule has 0 radical (unpaired) electrons. The van der Waals surface area contributed by atoms with Crippen LogP contribution in [0.4, 0.5) is 5.69 Å². The lowest BCUT2D eigenvalue weighted by Gasteiger charge is -2.11. The van der Waals surface area contributed by atoms with Crippen LogP contribution in [0.3, 0.4) is 0 Å². The van der Waals surface area contributed by atoms with E-state index in [-0.39, 0.29) is 0 Å². The molecule has 0 aliphatic heterocycles. The molecule has 0 saturated carbocycles. The lowest BCUT2D eigenvalue weighted by Crippen LogP contribution is -2.28. The maximum atomic E-state index is 6.20. The van der Waals surface area contributed by atoms with Gasteiger partial charge in [0.2, 0.25) is 0 Å².